The number of primary sulfonamides is 1. The molecule has 0 saturated heterocycles. The van der Waals surface area contributed by atoms with E-state index < -0.39 is 27.5 Å². The lowest BCUT2D eigenvalue weighted by molar-refractivity contribution is -0.385. The summed E-state index contributed by atoms with van der Waals surface area (Å²) < 4.78 is 30.0. The monoisotopic (exact) mass is 471 g/mol. The van der Waals surface area contributed by atoms with Gasteiger partial charge >= 0.3 is 5.69 Å². The number of nitrogens with one attached hydrogen (secondary N) is 1. The summed E-state index contributed by atoms with van der Waals surface area (Å²) in [5, 5.41) is 20.0. The number of nitro groups is 1. The highest BCUT2D eigenvalue weighted by molar-refractivity contribution is 7.89. The van der Waals surface area contributed by atoms with Gasteiger partial charge in [0.05, 0.1) is 16.0 Å². The van der Waals surface area contributed by atoms with E-state index in [1.54, 1.807) is 18.2 Å². The summed E-state index contributed by atoms with van der Waals surface area (Å²) >= 11 is 0. The maximum atomic E-state index is 12.0. The molecule has 1 aromatic heterocycles. The fraction of sp³-hybridized carbons (Fsp3) is 0.143. The van der Waals surface area contributed by atoms with Crippen LogP contribution in [0.15, 0.2) is 64.6 Å². The number of aromatic nitrogens is 1. The summed E-state index contributed by atoms with van der Waals surface area (Å²) in [5.74, 6) is -0.601. The predicted molar refractivity (Wildman–Crippen MR) is 121 cm³/mol. The van der Waals surface area contributed by atoms with Crippen LogP contribution in [0.4, 0.5) is 5.69 Å². The fourth-order valence-corrected chi connectivity index (χ4v) is 3.70. The molecule has 3 N–H and O–H groups in total. The number of benzene rings is 2. The Hall–Kier alpha value is -4.03. The van der Waals surface area contributed by atoms with Crippen molar-refractivity contribution in [3.8, 4) is 11.4 Å². The Morgan fingerprint density at radius 1 is 1.21 bits per heavy atom. The van der Waals surface area contributed by atoms with Gasteiger partial charge in [0.2, 0.25) is 10.0 Å². The lowest BCUT2D eigenvalue weighted by atomic mass is 10.2. The molecule has 3 rings (SSSR count). The number of amides is 1. The molecule has 1 heterocycles. The Morgan fingerprint density at radius 3 is 2.52 bits per heavy atom. The van der Waals surface area contributed by atoms with E-state index in [-0.39, 0.29) is 16.3 Å². The van der Waals surface area contributed by atoms with Crippen molar-refractivity contribution >= 4 is 27.8 Å². The lowest BCUT2D eigenvalue weighted by Crippen LogP contribution is -2.24. The molecule has 0 saturated carbocycles. The maximum absolute atomic E-state index is 12.0. The van der Waals surface area contributed by atoms with Gasteiger partial charge in [0.1, 0.15) is 0 Å². The number of aryl methyl sites for hydroxylation is 1. The molecular weight excluding hydrogens is 450 g/mol. The number of rotatable bonds is 8. The molecule has 0 aliphatic rings. The van der Waals surface area contributed by atoms with Gasteiger partial charge in [0.25, 0.3) is 5.91 Å². The van der Waals surface area contributed by atoms with Crippen LogP contribution >= 0.6 is 0 Å². The van der Waals surface area contributed by atoms with E-state index in [2.05, 4.69) is 10.5 Å². The smallest absolute Gasteiger partial charge is 0.310 e. The number of carbonyl (C=O) groups excluding carboxylic acids is 1. The van der Waals surface area contributed by atoms with Gasteiger partial charge in [-0.05, 0) is 50.2 Å². The number of hydrogen-bond donors (Lipinski definition) is 2. The van der Waals surface area contributed by atoms with E-state index in [1.807, 2.05) is 24.5 Å². The largest absolute Gasteiger partial charge is 0.477 e. The number of ether oxygens (including phenoxy) is 1. The number of hydrazone groups is 1. The van der Waals surface area contributed by atoms with Crippen LogP contribution in [-0.4, -0.2) is 36.6 Å². The molecule has 1 amide bonds. The van der Waals surface area contributed by atoms with Crippen molar-refractivity contribution in [3.63, 3.8) is 0 Å². The molecule has 33 heavy (non-hydrogen) atoms. The molecule has 0 aliphatic heterocycles. The van der Waals surface area contributed by atoms with Gasteiger partial charge in [-0.25, -0.2) is 19.0 Å². The van der Waals surface area contributed by atoms with Crippen molar-refractivity contribution in [1.82, 2.24) is 9.99 Å². The normalized spacial score (nSPS) is 11.5. The fourth-order valence-electron chi connectivity index (χ4n) is 3.18. The minimum Gasteiger partial charge on any atom is -0.477 e. The highest BCUT2D eigenvalue weighted by Crippen LogP contribution is 2.25. The van der Waals surface area contributed by atoms with Crippen LogP contribution in [0.5, 0.6) is 5.75 Å². The van der Waals surface area contributed by atoms with E-state index in [1.165, 1.54) is 36.5 Å². The molecule has 0 radical (unpaired) electrons. The SMILES string of the molecule is Cc1cc(C=NNC(=O)COc2ccccc2[N+](=O)[O-])c(C)n1-c1ccc(S(N)(=O)=O)cc1. The third-order valence-corrected chi connectivity index (χ3v) is 5.64. The highest BCUT2D eigenvalue weighted by Gasteiger charge is 2.15. The summed E-state index contributed by atoms with van der Waals surface area (Å²) in [6.45, 7) is 3.27. The van der Waals surface area contributed by atoms with E-state index in [0.717, 1.165) is 22.6 Å². The average Bonchev–Trinajstić information content (AvgIpc) is 3.05. The van der Waals surface area contributed by atoms with E-state index >= 15 is 0 Å². The van der Waals surface area contributed by atoms with Crippen molar-refractivity contribution in [3.05, 3.63) is 81.7 Å². The van der Waals surface area contributed by atoms with Gasteiger partial charge in [0, 0.05) is 28.7 Å². The lowest BCUT2D eigenvalue weighted by Gasteiger charge is -2.10. The third kappa shape index (κ3) is 5.61. The minimum atomic E-state index is -3.78. The first-order valence-corrected chi connectivity index (χ1v) is 11.1. The van der Waals surface area contributed by atoms with Gasteiger partial charge in [0.15, 0.2) is 12.4 Å². The summed E-state index contributed by atoms with van der Waals surface area (Å²) in [6.07, 6.45) is 1.46. The second kappa shape index (κ2) is 9.63. The zero-order chi connectivity index (χ0) is 24.2. The molecule has 0 atom stereocenters. The van der Waals surface area contributed by atoms with Crippen LogP contribution in [0, 0.1) is 24.0 Å². The van der Waals surface area contributed by atoms with Crippen molar-refractivity contribution in [2.45, 2.75) is 18.7 Å². The van der Waals surface area contributed by atoms with Crippen molar-refractivity contribution in [1.29, 1.82) is 0 Å². The summed E-state index contributed by atoms with van der Waals surface area (Å²) in [6, 6.07) is 13.7. The third-order valence-electron chi connectivity index (χ3n) is 4.71. The van der Waals surface area contributed by atoms with E-state index in [4.69, 9.17) is 9.88 Å². The Morgan fingerprint density at radius 2 is 1.88 bits per heavy atom. The number of sulfonamides is 1. The van der Waals surface area contributed by atoms with Crippen molar-refractivity contribution in [2.75, 3.05) is 6.61 Å². The highest BCUT2D eigenvalue weighted by atomic mass is 32.2. The van der Waals surface area contributed by atoms with Crippen LogP contribution < -0.4 is 15.3 Å². The van der Waals surface area contributed by atoms with Crippen molar-refractivity contribution in [2.24, 2.45) is 10.2 Å². The first-order valence-electron chi connectivity index (χ1n) is 9.58. The van der Waals surface area contributed by atoms with Gasteiger partial charge < -0.3 is 9.30 Å². The van der Waals surface area contributed by atoms with Gasteiger partial charge in [-0.2, -0.15) is 5.10 Å². The Kier molecular flexibility index (Phi) is 6.89. The Labute approximate surface area is 189 Å². The zero-order valence-corrected chi connectivity index (χ0v) is 18.6. The van der Waals surface area contributed by atoms with Crippen molar-refractivity contribution < 1.29 is 22.9 Å². The molecule has 2 aromatic carbocycles. The summed E-state index contributed by atoms with van der Waals surface area (Å²) in [7, 11) is -3.78. The van der Waals surface area contributed by atoms with Crippen LogP contribution in [0.2, 0.25) is 0 Å². The quantitative estimate of drug-likeness (QED) is 0.291. The molecule has 0 unspecified atom stereocenters. The minimum absolute atomic E-state index is 0.0151. The number of carbonyl (C=O) groups is 1. The molecule has 0 bridgehead atoms. The van der Waals surface area contributed by atoms with E-state index in [9.17, 15) is 23.3 Å². The van der Waals surface area contributed by atoms with Gasteiger partial charge in [-0.15, -0.1) is 0 Å². The first kappa shape index (κ1) is 23.6. The molecule has 0 aliphatic carbocycles. The summed E-state index contributed by atoms with van der Waals surface area (Å²) in [4.78, 5) is 22.4. The van der Waals surface area contributed by atoms with E-state index in [0.29, 0.717) is 0 Å². The molecule has 11 nitrogen and oxygen atoms in total. The first-order chi connectivity index (χ1) is 15.6. The number of nitrogens with two attached hydrogens (primary N) is 1. The molecule has 3 aromatic rings. The topological polar surface area (TPSA) is 159 Å². The molecule has 0 spiro atoms. The standard InChI is InChI=1S/C21H21N5O6S/c1-14-11-16(15(2)25(14)17-7-9-18(10-8-17)33(22,30)31)12-23-24-21(27)13-32-20-6-4-3-5-19(20)26(28)29/h3-12H,13H2,1-2H3,(H,24,27)(H2,22,30,31). The Bertz CT molecular complexity index is 1330. The average molecular weight is 471 g/mol. The van der Waals surface area contributed by atoms with Crippen LogP contribution in [0.1, 0.15) is 17.0 Å². The molecule has 0 fully saturated rings. The number of para-hydroxylation sites is 2. The zero-order valence-electron chi connectivity index (χ0n) is 17.8. The summed E-state index contributed by atoms with van der Waals surface area (Å²) in [5.41, 5.74) is 5.21. The number of nitro benzene ring substituents is 1. The number of hydrogen-bond acceptors (Lipinski definition) is 7. The van der Waals surface area contributed by atoms with Crippen LogP contribution in [0.25, 0.3) is 5.69 Å². The van der Waals surface area contributed by atoms with Crippen LogP contribution in [-0.2, 0) is 14.8 Å². The maximum Gasteiger partial charge on any atom is 0.310 e. The number of nitrogens with zero attached hydrogens (tertiary/aromatic N) is 3. The van der Waals surface area contributed by atoms with Gasteiger partial charge in [-0.3, -0.25) is 14.9 Å². The molecule has 12 heteroatoms. The van der Waals surface area contributed by atoms with Crippen LogP contribution in [0.3, 0.4) is 0 Å². The van der Waals surface area contributed by atoms with Gasteiger partial charge in [-0.1, -0.05) is 12.1 Å². The second-order valence-corrected chi connectivity index (χ2v) is 8.57. The predicted octanol–water partition coefficient (Wildman–Crippen LogP) is 2.18. The molecule has 172 valence electrons. The molecular formula is C21H21N5O6S. The second-order valence-electron chi connectivity index (χ2n) is 7.01. The Balaban J connectivity index is 1.66.